The van der Waals surface area contributed by atoms with E-state index in [-0.39, 0.29) is 58.2 Å². The second kappa shape index (κ2) is 5.48. The predicted octanol–water partition coefficient (Wildman–Crippen LogP) is -2.58. The van der Waals surface area contributed by atoms with Crippen LogP contribution in [-0.2, 0) is 0 Å². The van der Waals surface area contributed by atoms with Crippen molar-refractivity contribution in [1.29, 1.82) is 0 Å². The Morgan fingerprint density at radius 3 is 2.11 bits per heavy atom. The molecule has 0 bridgehead atoms. The Morgan fingerprint density at radius 1 is 1.33 bits per heavy atom. The van der Waals surface area contributed by atoms with E-state index in [0.29, 0.717) is 0 Å². The second-order valence-electron chi connectivity index (χ2n) is 2.46. The molecule has 0 aromatic rings. The third-order valence-electron chi connectivity index (χ3n) is 1.63. The summed E-state index contributed by atoms with van der Waals surface area (Å²) in [5.74, 6) is 1.17. The largest absolute Gasteiger partial charge is 1.00 e. The Kier molecular flexibility index (Phi) is 6.59. The third-order valence-corrected chi connectivity index (χ3v) is 1.63. The van der Waals surface area contributed by atoms with Crippen LogP contribution in [0.4, 0.5) is 0 Å². The first-order chi connectivity index (χ1) is 3.79. The fraction of sp³-hybridized carbons (Fsp3) is 0.833. The van der Waals surface area contributed by atoms with Crippen LogP contribution in [0.15, 0.2) is 0 Å². The SMILES string of the molecule is [B][C-]1CCN(C)CC1.[Rb+]. The molecule has 1 aliphatic rings. The summed E-state index contributed by atoms with van der Waals surface area (Å²) in [7, 11) is 7.72. The molecule has 2 radical (unpaired) electrons. The van der Waals surface area contributed by atoms with Crippen molar-refractivity contribution in [2.24, 2.45) is 0 Å². The van der Waals surface area contributed by atoms with Crippen LogP contribution in [0.1, 0.15) is 12.8 Å². The van der Waals surface area contributed by atoms with Crippen LogP contribution in [0.3, 0.4) is 0 Å². The van der Waals surface area contributed by atoms with Gasteiger partial charge in [-0.05, 0) is 20.1 Å². The van der Waals surface area contributed by atoms with Gasteiger partial charge in [0.15, 0.2) is 0 Å². The van der Waals surface area contributed by atoms with Crippen molar-refractivity contribution < 1.29 is 58.2 Å². The van der Waals surface area contributed by atoms with Gasteiger partial charge in [0.25, 0.3) is 0 Å². The summed E-state index contributed by atoms with van der Waals surface area (Å²) in [4.78, 5) is 2.30. The molecule has 9 heavy (non-hydrogen) atoms. The van der Waals surface area contributed by atoms with E-state index in [1.165, 1.54) is 5.82 Å². The average molecular weight is 193 g/mol. The topological polar surface area (TPSA) is 3.24 Å². The maximum atomic E-state index is 5.59. The molecule has 1 aliphatic heterocycles. The molecule has 1 nitrogen and oxygen atoms in total. The third kappa shape index (κ3) is 4.31. The van der Waals surface area contributed by atoms with Gasteiger partial charge in [0.2, 0.25) is 0 Å². The standard InChI is InChI=1S/C6H11BN.Rb/c1-8-4-2-6(7)3-5-8;/h2-5H2,1H3;/q-1;+1. The fourth-order valence-electron chi connectivity index (χ4n) is 0.906. The van der Waals surface area contributed by atoms with Crippen molar-refractivity contribution in [2.75, 3.05) is 20.1 Å². The molecule has 0 amide bonds. The van der Waals surface area contributed by atoms with Crippen molar-refractivity contribution in [3.63, 3.8) is 0 Å². The molecule has 3 heteroatoms. The zero-order valence-corrected chi connectivity index (χ0v) is 11.3. The molecule has 44 valence electrons. The molecule has 0 unspecified atom stereocenters. The van der Waals surface area contributed by atoms with Crippen LogP contribution in [0.25, 0.3) is 0 Å². The van der Waals surface area contributed by atoms with Crippen LogP contribution in [0.5, 0.6) is 0 Å². The van der Waals surface area contributed by atoms with E-state index in [1.807, 2.05) is 0 Å². The van der Waals surface area contributed by atoms with E-state index in [4.69, 9.17) is 7.85 Å². The molecule has 0 aliphatic carbocycles. The number of rotatable bonds is 0. The van der Waals surface area contributed by atoms with Gasteiger partial charge in [0.05, 0.1) is 0 Å². The molecule has 1 fully saturated rings. The molecule has 0 aromatic heterocycles. The van der Waals surface area contributed by atoms with Gasteiger partial charge in [-0.2, -0.15) is 20.7 Å². The van der Waals surface area contributed by atoms with Gasteiger partial charge >= 0.3 is 58.2 Å². The van der Waals surface area contributed by atoms with Crippen molar-refractivity contribution in [2.45, 2.75) is 12.8 Å². The summed E-state index contributed by atoms with van der Waals surface area (Å²) >= 11 is 0. The van der Waals surface area contributed by atoms with Gasteiger partial charge < -0.3 is 10.7 Å². The normalized spacial score (nSPS) is 23.2. The Morgan fingerprint density at radius 2 is 1.78 bits per heavy atom. The molecule has 0 saturated carbocycles. The van der Waals surface area contributed by atoms with Gasteiger partial charge in [-0.15, -0.1) is 0 Å². The molecule has 0 spiro atoms. The van der Waals surface area contributed by atoms with Crippen LogP contribution >= 0.6 is 0 Å². The van der Waals surface area contributed by atoms with Crippen molar-refractivity contribution >= 4 is 7.85 Å². The van der Waals surface area contributed by atoms with E-state index in [9.17, 15) is 0 Å². The van der Waals surface area contributed by atoms with Crippen LogP contribution in [0, 0.1) is 5.82 Å². The Labute approximate surface area is 108 Å². The monoisotopic (exact) mass is 193 g/mol. The maximum Gasteiger partial charge on any atom is 1.00 e. The van der Waals surface area contributed by atoms with Crippen molar-refractivity contribution in [1.82, 2.24) is 4.90 Å². The number of likely N-dealkylation sites (tertiary alicyclic amines) is 1. The Bertz CT molecular complexity index is 61.5. The molecule has 0 aromatic carbocycles. The Balaban J connectivity index is 0.000000640. The fourth-order valence-corrected chi connectivity index (χ4v) is 0.906. The molecule has 0 N–H and O–H groups in total. The minimum absolute atomic E-state index is 0. The van der Waals surface area contributed by atoms with Crippen molar-refractivity contribution in [3.8, 4) is 0 Å². The molecular formula is C6H11BNRb. The van der Waals surface area contributed by atoms with Crippen molar-refractivity contribution in [3.05, 3.63) is 5.82 Å². The summed E-state index contributed by atoms with van der Waals surface area (Å²) in [5, 5.41) is 0. The summed E-state index contributed by atoms with van der Waals surface area (Å²) < 4.78 is 0. The van der Waals surface area contributed by atoms with Gasteiger partial charge in [-0.25, -0.2) is 0 Å². The average Bonchev–Trinajstić information content (AvgIpc) is 1.77. The van der Waals surface area contributed by atoms with Gasteiger partial charge in [-0.1, -0.05) is 0 Å². The second-order valence-corrected chi connectivity index (χ2v) is 2.46. The van der Waals surface area contributed by atoms with E-state index >= 15 is 0 Å². The predicted molar refractivity (Wildman–Crippen MR) is 35.7 cm³/mol. The first-order valence-electron chi connectivity index (χ1n) is 3.08. The number of piperidine rings is 1. The summed E-state index contributed by atoms with van der Waals surface area (Å²) in [6, 6.07) is 0. The number of nitrogens with zero attached hydrogens (tertiary/aromatic N) is 1. The van der Waals surface area contributed by atoms with Crippen LogP contribution in [0.2, 0.25) is 0 Å². The first kappa shape index (κ1) is 10.8. The van der Waals surface area contributed by atoms with Crippen LogP contribution < -0.4 is 58.2 Å². The quantitative estimate of drug-likeness (QED) is 0.302. The molecular weight excluding hydrogens is 182 g/mol. The van der Waals surface area contributed by atoms with E-state index in [2.05, 4.69) is 11.9 Å². The van der Waals surface area contributed by atoms with E-state index in [1.54, 1.807) is 0 Å². The van der Waals surface area contributed by atoms with Gasteiger partial charge in [0.1, 0.15) is 0 Å². The van der Waals surface area contributed by atoms with Gasteiger partial charge in [0, 0.05) is 0 Å². The molecule has 1 rings (SSSR count). The molecule has 1 heterocycles. The van der Waals surface area contributed by atoms with E-state index < -0.39 is 0 Å². The first-order valence-corrected chi connectivity index (χ1v) is 3.08. The summed E-state index contributed by atoms with van der Waals surface area (Å²) in [6.45, 7) is 2.29. The number of hydrogen-bond donors (Lipinski definition) is 0. The number of hydrogen-bond acceptors (Lipinski definition) is 1. The molecule has 0 atom stereocenters. The van der Waals surface area contributed by atoms with E-state index in [0.717, 1.165) is 25.9 Å². The minimum atomic E-state index is 0. The zero-order valence-electron chi connectivity index (χ0n) is 6.35. The molecule has 1 saturated heterocycles. The smallest absolute Gasteiger partial charge is 0.350 e. The summed E-state index contributed by atoms with van der Waals surface area (Å²) in [6.07, 6.45) is 2.19. The van der Waals surface area contributed by atoms with Gasteiger partial charge in [-0.3, -0.25) is 0 Å². The Hall–Kier alpha value is 1.83. The zero-order chi connectivity index (χ0) is 5.98. The summed E-state index contributed by atoms with van der Waals surface area (Å²) in [5.41, 5.74) is 0. The minimum Gasteiger partial charge on any atom is -0.350 e. The van der Waals surface area contributed by atoms with Crippen LogP contribution in [-0.4, -0.2) is 32.9 Å². The maximum absolute atomic E-state index is 5.59.